The molecule has 0 aromatic rings. The Kier molecular flexibility index (Phi) is 6.88. The summed E-state index contributed by atoms with van der Waals surface area (Å²) >= 11 is 5.31. The average molecular weight is 385 g/mol. The Balaban J connectivity index is 1.50. The van der Waals surface area contributed by atoms with E-state index < -0.39 is 0 Å². The van der Waals surface area contributed by atoms with Gasteiger partial charge in [-0.25, -0.2) is 0 Å². The summed E-state index contributed by atoms with van der Waals surface area (Å²) in [6, 6.07) is 0. The molecule has 0 amide bonds. The van der Waals surface area contributed by atoms with E-state index in [2.05, 4.69) is 38.3 Å². The quantitative estimate of drug-likeness (QED) is 0.341. The van der Waals surface area contributed by atoms with E-state index in [1.165, 1.54) is 0 Å². The number of carbonyl (C=O) groups is 2. The minimum atomic E-state index is -0.0924. The zero-order valence-electron chi connectivity index (χ0n) is 16.4. The van der Waals surface area contributed by atoms with Crippen LogP contribution < -0.4 is 10.6 Å². The smallest absolute Gasteiger partial charge is 0.309 e. The van der Waals surface area contributed by atoms with Crippen molar-refractivity contribution in [3.63, 3.8) is 0 Å². The lowest BCUT2D eigenvalue weighted by Crippen LogP contribution is -2.45. The maximum absolute atomic E-state index is 11.0. The molecule has 0 aromatic heterocycles. The molecule has 0 spiro atoms. The van der Waals surface area contributed by atoms with Gasteiger partial charge in [0.1, 0.15) is 12.2 Å². The van der Waals surface area contributed by atoms with Crippen LogP contribution in [-0.2, 0) is 19.1 Å². The summed E-state index contributed by atoms with van der Waals surface area (Å²) in [6.07, 6.45) is 5.10. The second kappa shape index (κ2) is 8.55. The highest BCUT2D eigenvalue weighted by Crippen LogP contribution is 2.37. The number of hydrogen-bond donors (Lipinski definition) is 2. The lowest BCUT2D eigenvalue weighted by molar-refractivity contribution is -0.182. The van der Waals surface area contributed by atoms with Gasteiger partial charge in [0, 0.05) is 23.9 Å². The molecule has 6 nitrogen and oxygen atoms in total. The first-order valence-electron chi connectivity index (χ1n) is 9.51. The molecule has 2 heterocycles. The Morgan fingerprint density at radius 1 is 0.923 bits per heavy atom. The van der Waals surface area contributed by atoms with E-state index in [1.807, 2.05) is 0 Å². The van der Waals surface area contributed by atoms with E-state index in [4.69, 9.17) is 21.7 Å². The Hall–Kier alpha value is -1.37. The summed E-state index contributed by atoms with van der Waals surface area (Å²) in [7, 11) is 0. The normalized spacial score (nSPS) is 22.6. The third-order valence-electron chi connectivity index (χ3n) is 5.56. The summed E-state index contributed by atoms with van der Waals surface area (Å²) in [4.78, 5) is 21.9. The molecule has 2 rings (SSSR count). The fourth-order valence-corrected chi connectivity index (χ4v) is 3.55. The van der Waals surface area contributed by atoms with Crippen molar-refractivity contribution in [1.29, 1.82) is 0 Å². The van der Waals surface area contributed by atoms with Gasteiger partial charge in [-0.1, -0.05) is 27.7 Å². The van der Waals surface area contributed by atoms with Crippen LogP contribution in [0.4, 0.5) is 0 Å². The Bertz CT molecular complexity index is 486. The molecule has 2 aliphatic rings. The molecular weight excluding hydrogens is 352 g/mol. The van der Waals surface area contributed by atoms with E-state index in [-0.39, 0.29) is 35.0 Å². The second-order valence-electron chi connectivity index (χ2n) is 8.73. The minimum Gasteiger partial charge on any atom is -0.461 e. The van der Waals surface area contributed by atoms with Crippen LogP contribution in [0.2, 0.25) is 0 Å². The van der Waals surface area contributed by atoms with Gasteiger partial charge in [-0.2, -0.15) is 0 Å². The van der Waals surface area contributed by atoms with Crippen molar-refractivity contribution in [2.24, 2.45) is 10.8 Å². The van der Waals surface area contributed by atoms with Crippen LogP contribution >= 0.6 is 12.2 Å². The number of ether oxygens (including phenoxy) is 2. The second-order valence-corrected chi connectivity index (χ2v) is 9.14. The Morgan fingerprint density at radius 2 is 1.27 bits per heavy atom. The maximum atomic E-state index is 11.0. The van der Waals surface area contributed by atoms with Crippen molar-refractivity contribution >= 4 is 29.3 Å². The summed E-state index contributed by atoms with van der Waals surface area (Å²) in [5.41, 5.74) is 0.0302. The Morgan fingerprint density at radius 3 is 1.58 bits per heavy atom. The fourth-order valence-electron chi connectivity index (χ4n) is 3.35. The number of nitrogens with one attached hydrogen (secondary N) is 2. The highest BCUT2D eigenvalue weighted by molar-refractivity contribution is 7.80. The molecule has 0 radical (unpaired) electrons. The van der Waals surface area contributed by atoms with E-state index in [0.717, 1.165) is 38.8 Å². The molecule has 2 saturated heterocycles. The number of esters is 2. The monoisotopic (exact) mass is 384 g/mol. The van der Waals surface area contributed by atoms with Gasteiger partial charge in [-0.15, -0.1) is 0 Å². The molecule has 2 unspecified atom stereocenters. The summed E-state index contributed by atoms with van der Waals surface area (Å²) in [6.45, 7) is 10.2. The van der Waals surface area contributed by atoms with Crippen LogP contribution in [-0.4, -0.2) is 42.3 Å². The molecule has 0 aliphatic carbocycles. The number of cyclic esters (lactones) is 2. The van der Waals surface area contributed by atoms with Crippen molar-refractivity contribution in [3.8, 4) is 0 Å². The van der Waals surface area contributed by atoms with Crippen LogP contribution in [0.15, 0.2) is 0 Å². The SMILES string of the molecule is CC(C)(CCCNC(=S)NCCCC(C)(C)C1CC(=O)O1)C1CC(=O)O1. The maximum Gasteiger partial charge on any atom is 0.309 e. The van der Waals surface area contributed by atoms with Crippen molar-refractivity contribution in [3.05, 3.63) is 0 Å². The first-order valence-corrected chi connectivity index (χ1v) is 9.92. The molecule has 2 aliphatic heterocycles. The minimum absolute atomic E-state index is 0.0151. The van der Waals surface area contributed by atoms with E-state index >= 15 is 0 Å². The van der Waals surface area contributed by atoms with Crippen LogP contribution in [0.1, 0.15) is 66.2 Å². The van der Waals surface area contributed by atoms with Gasteiger partial charge in [0.2, 0.25) is 0 Å². The van der Waals surface area contributed by atoms with Crippen molar-refractivity contribution in [2.75, 3.05) is 13.1 Å². The van der Waals surface area contributed by atoms with Crippen LogP contribution in [0.3, 0.4) is 0 Å². The van der Waals surface area contributed by atoms with Crippen molar-refractivity contribution in [2.45, 2.75) is 78.4 Å². The molecule has 26 heavy (non-hydrogen) atoms. The summed E-state index contributed by atoms with van der Waals surface area (Å²) in [5.74, 6) is -0.185. The van der Waals surface area contributed by atoms with Gasteiger partial charge in [-0.3, -0.25) is 9.59 Å². The predicted molar refractivity (Wildman–Crippen MR) is 104 cm³/mol. The molecule has 148 valence electrons. The summed E-state index contributed by atoms with van der Waals surface area (Å²) < 4.78 is 10.4. The molecular formula is C19H32N2O4S. The van der Waals surface area contributed by atoms with Crippen LogP contribution in [0.5, 0.6) is 0 Å². The predicted octanol–water partition coefficient (Wildman–Crippen LogP) is 2.69. The van der Waals surface area contributed by atoms with Gasteiger partial charge in [0.25, 0.3) is 0 Å². The fraction of sp³-hybridized carbons (Fsp3) is 0.842. The van der Waals surface area contributed by atoms with E-state index in [0.29, 0.717) is 18.0 Å². The van der Waals surface area contributed by atoms with Crippen molar-refractivity contribution in [1.82, 2.24) is 10.6 Å². The van der Waals surface area contributed by atoms with Crippen molar-refractivity contribution < 1.29 is 19.1 Å². The lowest BCUT2D eigenvalue weighted by atomic mass is 9.78. The van der Waals surface area contributed by atoms with E-state index in [9.17, 15) is 9.59 Å². The first-order chi connectivity index (χ1) is 12.1. The third kappa shape index (κ3) is 5.83. The highest BCUT2D eigenvalue weighted by Gasteiger charge is 2.41. The average Bonchev–Trinajstić information content (AvgIpc) is 2.49. The zero-order valence-corrected chi connectivity index (χ0v) is 17.2. The summed E-state index contributed by atoms with van der Waals surface area (Å²) in [5, 5.41) is 7.13. The molecule has 0 saturated carbocycles. The topological polar surface area (TPSA) is 76.7 Å². The van der Waals surface area contributed by atoms with E-state index in [1.54, 1.807) is 0 Å². The molecule has 2 atom stereocenters. The van der Waals surface area contributed by atoms with Gasteiger partial charge < -0.3 is 20.1 Å². The lowest BCUT2D eigenvalue weighted by Gasteiger charge is -2.39. The van der Waals surface area contributed by atoms with Crippen LogP contribution in [0.25, 0.3) is 0 Å². The zero-order chi connectivity index (χ0) is 19.4. The molecule has 2 N–H and O–H groups in total. The first kappa shape index (κ1) is 20.9. The standard InChI is InChI=1S/C19H32N2O4S/c1-18(2,13-11-15(22)24-13)7-5-9-20-17(26)21-10-6-8-19(3,4)14-12-16(23)25-14/h13-14H,5-12H2,1-4H3,(H2,20,21,26). The molecule has 0 bridgehead atoms. The van der Waals surface area contributed by atoms with Gasteiger partial charge in [0.15, 0.2) is 5.11 Å². The number of rotatable bonds is 10. The van der Waals surface area contributed by atoms with Gasteiger partial charge >= 0.3 is 11.9 Å². The number of hydrogen-bond acceptors (Lipinski definition) is 5. The number of thiocarbonyl (C=S) groups is 1. The third-order valence-corrected chi connectivity index (χ3v) is 5.85. The molecule has 2 fully saturated rings. The van der Waals surface area contributed by atoms with Gasteiger partial charge in [0.05, 0.1) is 12.8 Å². The molecule has 0 aromatic carbocycles. The molecule has 7 heteroatoms. The largest absolute Gasteiger partial charge is 0.461 e. The number of carbonyl (C=O) groups excluding carboxylic acids is 2. The van der Waals surface area contributed by atoms with Crippen LogP contribution in [0, 0.1) is 10.8 Å². The van der Waals surface area contributed by atoms with Gasteiger partial charge in [-0.05, 0) is 37.9 Å². The highest BCUT2D eigenvalue weighted by atomic mass is 32.1. The Labute approximate surface area is 161 Å².